The predicted octanol–water partition coefficient (Wildman–Crippen LogP) is 2.34. The van der Waals surface area contributed by atoms with Crippen molar-refractivity contribution in [2.24, 2.45) is 5.92 Å². The summed E-state index contributed by atoms with van der Waals surface area (Å²) in [6.07, 6.45) is 0. The minimum absolute atomic E-state index is 0.0231. The fourth-order valence-electron chi connectivity index (χ4n) is 1.91. The van der Waals surface area contributed by atoms with E-state index in [0.717, 1.165) is 0 Å². The van der Waals surface area contributed by atoms with Gasteiger partial charge >= 0.3 is 0 Å². The highest BCUT2D eigenvalue weighted by molar-refractivity contribution is 7.98. The van der Waals surface area contributed by atoms with Gasteiger partial charge in [-0.15, -0.1) is 0 Å². The maximum Gasteiger partial charge on any atom is 0.242 e. The van der Waals surface area contributed by atoms with Crippen molar-refractivity contribution in [2.45, 2.75) is 32.6 Å². The molecule has 1 aromatic carbocycles. The fraction of sp³-hybridized carbons (Fsp3) is 0.500. The van der Waals surface area contributed by atoms with E-state index in [1.165, 1.54) is 13.0 Å². The zero-order valence-corrected chi connectivity index (χ0v) is 14.0. The molecule has 0 fully saturated rings. The van der Waals surface area contributed by atoms with E-state index in [1.54, 1.807) is 30.0 Å². The van der Waals surface area contributed by atoms with E-state index in [-0.39, 0.29) is 23.5 Å². The Morgan fingerprint density at radius 3 is 2.55 bits per heavy atom. The molecule has 0 bridgehead atoms. The lowest BCUT2D eigenvalue weighted by Gasteiger charge is -2.20. The molecule has 0 heterocycles. The lowest BCUT2D eigenvalue weighted by molar-refractivity contribution is -0.129. The molecule has 0 spiro atoms. The van der Waals surface area contributed by atoms with Crippen LogP contribution in [0.15, 0.2) is 24.3 Å². The fourth-order valence-corrected chi connectivity index (χ4v) is 2.75. The molecule has 0 radical (unpaired) electrons. The Kier molecular flexibility index (Phi) is 7.95. The van der Waals surface area contributed by atoms with Gasteiger partial charge in [-0.25, -0.2) is 4.39 Å². The van der Waals surface area contributed by atoms with Crippen molar-refractivity contribution < 1.29 is 14.0 Å². The molecule has 1 atom stereocenters. The second kappa shape index (κ2) is 9.46. The van der Waals surface area contributed by atoms with E-state index in [1.807, 2.05) is 13.8 Å². The van der Waals surface area contributed by atoms with E-state index in [0.29, 0.717) is 23.6 Å². The van der Waals surface area contributed by atoms with Gasteiger partial charge in [-0.05, 0) is 17.5 Å². The summed E-state index contributed by atoms with van der Waals surface area (Å²) in [5.41, 5.74) is 0.664. The quantitative estimate of drug-likeness (QED) is 0.721. The normalized spacial score (nSPS) is 12.0. The number of carbonyl (C=O) groups excluding carboxylic acids is 2. The second-order valence-corrected chi connectivity index (χ2v) is 6.46. The monoisotopic (exact) mass is 326 g/mol. The maximum atomic E-state index is 13.4. The Morgan fingerprint density at radius 2 is 1.95 bits per heavy atom. The number of carbonyl (C=O) groups is 2. The number of halogens is 1. The topological polar surface area (TPSA) is 58.2 Å². The van der Waals surface area contributed by atoms with Crippen molar-refractivity contribution in [1.82, 2.24) is 10.6 Å². The molecule has 1 rings (SSSR count). The minimum Gasteiger partial charge on any atom is -0.353 e. The highest BCUT2D eigenvalue weighted by atomic mass is 32.2. The highest BCUT2D eigenvalue weighted by Crippen LogP contribution is 2.14. The summed E-state index contributed by atoms with van der Waals surface area (Å²) in [5.74, 6) is 0.672. The molecule has 22 heavy (non-hydrogen) atoms. The zero-order valence-electron chi connectivity index (χ0n) is 13.2. The molecule has 0 aromatic heterocycles. The Bertz CT molecular complexity index is 509. The minimum atomic E-state index is -0.519. The van der Waals surface area contributed by atoms with Gasteiger partial charge < -0.3 is 10.6 Å². The molecule has 2 amide bonds. The Balaban J connectivity index is 2.29. The van der Waals surface area contributed by atoms with Gasteiger partial charge in [0.15, 0.2) is 0 Å². The Hall–Kier alpha value is -1.56. The molecule has 0 aliphatic carbocycles. The average Bonchev–Trinajstić information content (AvgIpc) is 2.45. The average molecular weight is 326 g/mol. The van der Waals surface area contributed by atoms with Crippen LogP contribution in [0.1, 0.15) is 26.3 Å². The molecule has 6 heteroatoms. The number of rotatable bonds is 8. The molecule has 0 saturated heterocycles. The molecular formula is C16H23FN2O2S. The zero-order chi connectivity index (χ0) is 16.5. The lowest BCUT2D eigenvalue weighted by atomic mass is 10.0. The van der Waals surface area contributed by atoms with Crippen molar-refractivity contribution in [2.75, 3.05) is 12.3 Å². The van der Waals surface area contributed by atoms with Gasteiger partial charge in [-0.2, -0.15) is 11.8 Å². The van der Waals surface area contributed by atoms with Gasteiger partial charge in [0, 0.05) is 25.0 Å². The van der Waals surface area contributed by atoms with E-state index < -0.39 is 6.04 Å². The molecule has 122 valence electrons. The number of hydrogen-bond donors (Lipinski definition) is 2. The third-order valence-corrected chi connectivity index (χ3v) is 4.08. The van der Waals surface area contributed by atoms with Gasteiger partial charge in [0.2, 0.25) is 11.8 Å². The molecule has 0 aliphatic heterocycles. The number of benzene rings is 1. The second-order valence-electron chi connectivity index (χ2n) is 5.36. The summed E-state index contributed by atoms with van der Waals surface area (Å²) in [4.78, 5) is 23.1. The largest absolute Gasteiger partial charge is 0.353 e. The van der Waals surface area contributed by atoms with E-state index >= 15 is 0 Å². The third kappa shape index (κ3) is 6.47. The third-order valence-electron chi connectivity index (χ3n) is 3.07. The smallest absolute Gasteiger partial charge is 0.242 e. The van der Waals surface area contributed by atoms with Crippen LogP contribution in [0.25, 0.3) is 0 Å². The summed E-state index contributed by atoms with van der Waals surface area (Å²) < 4.78 is 13.4. The number of thioether (sulfide) groups is 1. The first-order valence-electron chi connectivity index (χ1n) is 7.27. The molecule has 0 unspecified atom stereocenters. The molecule has 4 nitrogen and oxygen atoms in total. The predicted molar refractivity (Wildman–Crippen MR) is 88.0 cm³/mol. The first-order chi connectivity index (χ1) is 10.4. The summed E-state index contributed by atoms with van der Waals surface area (Å²) >= 11 is 1.55. The SMILES string of the molecule is CC(=O)N[C@@H](C(=O)NCCSCc1ccccc1F)C(C)C. The van der Waals surface area contributed by atoms with Crippen LogP contribution >= 0.6 is 11.8 Å². The summed E-state index contributed by atoms with van der Waals surface area (Å²) in [5, 5.41) is 5.45. The van der Waals surface area contributed by atoms with Crippen LogP contribution < -0.4 is 10.6 Å². The molecule has 0 saturated carbocycles. The van der Waals surface area contributed by atoms with Crippen LogP contribution in [0, 0.1) is 11.7 Å². The van der Waals surface area contributed by atoms with Gasteiger partial charge in [-0.1, -0.05) is 32.0 Å². The van der Waals surface area contributed by atoms with Gasteiger partial charge in [-0.3, -0.25) is 9.59 Å². The van der Waals surface area contributed by atoms with Gasteiger partial charge in [0.25, 0.3) is 0 Å². The van der Waals surface area contributed by atoms with Gasteiger partial charge in [0.1, 0.15) is 11.9 Å². The van der Waals surface area contributed by atoms with Crippen LogP contribution in [0.5, 0.6) is 0 Å². The van der Waals surface area contributed by atoms with Crippen molar-refractivity contribution in [3.63, 3.8) is 0 Å². The standard InChI is InChI=1S/C16H23FN2O2S/c1-11(2)15(19-12(3)20)16(21)18-8-9-22-10-13-6-4-5-7-14(13)17/h4-7,11,15H,8-10H2,1-3H3,(H,18,21)(H,19,20)/t15-/m1/s1. The molecule has 1 aromatic rings. The van der Waals surface area contributed by atoms with Gasteiger partial charge in [0.05, 0.1) is 0 Å². The first kappa shape index (κ1) is 18.5. The summed E-state index contributed by atoms with van der Waals surface area (Å²) in [7, 11) is 0. The number of hydrogen-bond acceptors (Lipinski definition) is 3. The van der Waals surface area contributed by atoms with Crippen LogP contribution in [0.2, 0.25) is 0 Å². The van der Waals surface area contributed by atoms with E-state index in [9.17, 15) is 14.0 Å². The molecule has 0 aliphatic rings. The van der Waals surface area contributed by atoms with Crippen molar-refractivity contribution in [1.29, 1.82) is 0 Å². The molecular weight excluding hydrogens is 303 g/mol. The van der Waals surface area contributed by atoms with Crippen LogP contribution in [0.4, 0.5) is 4.39 Å². The number of amides is 2. The summed E-state index contributed by atoms with van der Waals surface area (Å²) in [6.45, 7) is 5.65. The van der Waals surface area contributed by atoms with Crippen LogP contribution in [-0.4, -0.2) is 30.2 Å². The Labute approximate surface area is 135 Å². The van der Waals surface area contributed by atoms with E-state index in [4.69, 9.17) is 0 Å². The van der Waals surface area contributed by atoms with Crippen LogP contribution in [0.3, 0.4) is 0 Å². The van der Waals surface area contributed by atoms with Crippen LogP contribution in [-0.2, 0) is 15.3 Å². The van der Waals surface area contributed by atoms with Crippen molar-refractivity contribution in [3.8, 4) is 0 Å². The lowest BCUT2D eigenvalue weighted by Crippen LogP contribution is -2.49. The van der Waals surface area contributed by atoms with E-state index in [2.05, 4.69) is 10.6 Å². The number of nitrogens with one attached hydrogen (secondary N) is 2. The molecule has 2 N–H and O–H groups in total. The van der Waals surface area contributed by atoms with Crippen molar-refractivity contribution >= 4 is 23.6 Å². The first-order valence-corrected chi connectivity index (χ1v) is 8.43. The maximum absolute atomic E-state index is 13.4. The highest BCUT2D eigenvalue weighted by Gasteiger charge is 2.22. The summed E-state index contributed by atoms with van der Waals surface area (Å²) in [6, 6.07) is 6.15. The van der Waals surface area contributed by atoms with Crippen molar-refractivity contribution in [3.05, 3.63) is 35.6 Å². The Morgan fingerprint density at radius 1 is 1.27 bits per heavy atom.